The van der Waals surface area contributed by atoms with Crippen LogP contribution in [0.2, 0.25) is 0 Å². The lowest BCUT2D eigenvalue weighted by Gasteiger charge is -2.23. The van der Waals surface area contributed by atoms with Gasteiger partial charge in [-0.15, -0.1) is 0 Å². The largest absolute Gasteiger partial charge is 0.299 e. The number of ketones is 2. The average molecular weight is 184 g/mol. The first-order valence-electron chi connectivity index (χ1n) is 4.89. The Labute approximate surface area is 80.7 Å². The molecule has 2 nitrogen and oxygen atoms in total. The highest BCUT2D eigenvalue weighted by Crippen LogP contribution is 2.24. The van der Waals surface area contributed by atoms with Gasteiger partial charge < -0.3 is 0 Å². The minimum absolute atomic E-state index is 0.00361. The van der Waals surface area contributed by atoms with E-state index in [1.165, 1.54) is 6.92 Å². The van der Waals surface area contributed by atoms with Crippen LogP contribution in [0.5, 0.6) is 0 Å². The van der Waals surface area contributed by atoms with E-state index in [0.717, 1.165) is 12.8 Å². The van der Waals surface area contributed by atoms with Gasteiger partial charge in [0.25, 0.3) is 0 Å². The molecule has 0 rings (SSSR count). The topological polar surface area (TPSA) is 34.1 Å². The van der Waals surface area contributed by atoms with Crippen LogP contribution in [-0.4, -0.2) is 11.6 Å². The molecule has 0 saturated heterocycles. The van der Waals surface area contributed by atoms with Crippen LogP contribution in [0.4, 0.5) is 0 Å². The van der Waals surface area contributed by atoms with Crippen LogP contribution in [-0.2, 0) is 9.59 Å². The Kier molecular flexibility index (Phi) is 4.31. The molecule has 0 aliphatic carbocycles. The van der Waals surface area contributed by atoms with Crippen molar-refractivity contribution in [1.82, 2.24) is 0 Å². The number of carbonyl (C=O) groups excluding carboxylic acids is 2. The van der Waals surface area contributed by atoms with Crippen molar-refractivity contribution in [3.8, 4) is 0 Å². The summed E-state index contributed by atoms with van der Waals surface area (Å²) in [6.45, 7) is 8.85. The van der Waals surface area contributed by atoms with E-state index in [-0.39, 0.29) is 17.5 Å². The molecule has 0 spiro atoms. The second-order valence-corrected chi connectivity index (χ2v) is 4.24. The molecule has 13 heavy (non-hydrogen) atoms. The van der Waals surface area contributed by atoms with E-state index in [1.54, 1.807) is 13.8 Å². The van der Waals surface area contributed by atoms with E-state index in [1.807, 2.05) is 13.8 Å². The molecule has 0 aliphatic heterocycles. The summed E-state index contributed by atoms with van der Waals surface area (Å²) in [5.41, 5.74) is -0.797. The zero-order valence-electron chi connectivity index (χ0n) is 9.31. The first kappa shape index (κ1) is 12.3. The Morgan fingerprint density at radius 2 is 1.77 bits per heavy atom. The fraction of sp³-hybridized carbons (Fsp3) is 0.818. The van der Waals surface area contributed by atoms with Gasteiger partial charge in [-0.2, -0.15) is 0 Å². The normalized spacial score (nSPS) is 13.9. The summed E-state index contributed by atoms with van der Waals surface area (Å²) >= 11 is 0. The molecule has 76 valence electrons. The molecule has 0 bridgehead atoms. The van der Waals surface area contributed by atoms with Crippen LogP contribution in [0.1, 0.15) is 47.5 Å². The SMILES string of the molecule is CCCC(C)C(=O)C(C)(C)C(C)=O. The number of hydrogen-bond donors (Lipinski definition) is 0. The van der Waals surface area contributed by atoms with Gasteiger partial charge in [-0.25, -0.2) is 0 Å². The van der Waals surface area contributed by atoms with Crippen molar-refractivity contribution in [2.75, 3.05) is 0 Å². The van der Waals surface area contributed by atoms with E-state index in [4.69, 9.17) is 0 Å². The van der Waals surface area contributed by atoms with Crippen LogP contribution in [0.25, 0.3) is 0 Å². The molecule has 0 amide bonds. The predicted octanol–water partition coefficient (Wildman–Crippen LogP) is 2.61. The van der Waals surface area contributed by atoms with E-state index < -0.39 is 5.41 Å². The highest BCUT2D eigenvalue weighted by atomic mass is 16.2. The molecule has 1 atom stereocenters. The summed E-state index contributed by atoms with van der Waals surface area (Å²) in [6.07, 6.45) is 1.86. The lowest BCUT2D eigenvalue weighted by Crippen LogP contribution is -2.35. The zero-order valence-corrected chi connectivity index (χ0v) is 9.31. The maximum absolute atomic E-state index is 11.8. The van der Waals surface area contributed by atoms with Crippen LogP contribution >= 0.6 is 0 Å². The molecule has 1 unspecified atom stereocenters. The number of rotatable bonds is 5. The fourth-order valence-electron chi connectivity index (χ4n) is 1.35. The number of Topliss-reactive ketones (excluding diaryl/α,β-unsaturated/α-hetero) is 2. The van der Waals surface area contributed by atoms with Gasteiger partial charge in [0.05, 0.1) is 5.41 Å². The van der Waals surface area contributed by atoms with Crippen molar-refractivity contribution < 1.29 is 9.59 Å². The van der Waals surface area contributed by atoms with Crippen LogP contribution < -0.4 is 0 Å². The third kappa shape index (κ3) is 2.94. The highest BCUT2D eigenvalue weighted by molar-refractivity contribution is 6.05. The van der Waals surface area contributed by atoms with Crippen LogP contribution in [0, 0.1) is 11.3 Å². The monoisotopic (exact) mass is 184 g/mol. The standard InChI is InChI=1S/C11H20O2/c1-6-7-8(2)10(13)11(4,5)9(3)12/h8H,6-7H2,1-5H3. The van der Waals surface area contributed by atoms with Crippen molar-refractivity contribution in [2.24, 2.45) is 11.3 Å². The molecule has 0 saturated carbocycles. The summed E-state index contributed by atoms with van der Waals surface area (Å²) < 4.78 is 0. The second-order valence-electron chi connectivity index (χ2n) is 4.24. The molecule has 0 aromatic carbocycles. The van der Waals surface area contributed by atoms with Gasteiger partial charge in [0, 0.05) is 5.92 Å². The Morgan fingerprint density at radius 3 is 2.08 bits per heavy atom. The summed E-state index contributed by atoms with van der Waals surface area (Å²) in [7, 11) is 0. The van der Waals surface area contributed by atoms with Crippen molar-refractivity contribution in [2.45, 2.75) is 47.5 Å². The lowest BCUT2D eigenvalue weighted by atomic mass is 9.78. The van der Waals surface area contributed by atoms with Gasteiger partial charge in [-0.3, -0.25) is 9.59 Å². The predicted molar refractivity (Wildman–Crippen MR) is 53.5 cm³/mol. The van der Waals surface area contributed by atoms with E-state index in [9.17, 15) is 9.59 Å². The maximum Gasteiger partial charge on any atom is 0.148 e. The quantitative estimate of drug-likeness (QED) is 0.615. The minimum Gasteiger partial charge on any atom is -0.299 e. The fourth-order valence-corrected chi connectivity index (χ4v) is 1.35. The summed E-state index contributed by atoms with van der Waals surface area (Å²) in [5.74, 6) is 0.0335. The van der Waals surface area contributed by atoms with E-state index in [0.29, 0.717) is 0 Å². The summed E-state index contributed by atoms with van der Waals surface area (Å²) in [5, 5.41) is 0. The third-order valence-electron chi connectivity index (χ3n) is 2.67. The molecule has 0 radical (unpaired) electrons. The van der Waals surface area contributed by atoms with Gasteiger partial charge in [0.1, 0.15) is 11.6 Å². The Morgan fingerprint density at radius 1 is 1.31 bits per heavy atom. The first-order chi connectivity index (χ1) is 5.84. The average Bonchev–Trinajstić information content (AvgIpc) is 2.03. The Hall–Kier alpha value is -0.660. The second kappa shape index (κ2) is 4.54. The van der Waals surface area contributed by atoms with E-state index in [2.05, 4.69) is 0 Å². The molecular weight excluding hydrogens is 164 g/mol. The molecule has 0 aromatic rings. The number of hydrogen-bond acceptors (Lipinski definition) is 2. The number of carbonyl (C=O) groups is 2. The molecule has 2 heteroatoms. The van der Waals surface area contributed by atoms with Gasteiger partial charge >= 0.3 is 0 Å². The molecular formula is C11H20O2. The Balaban J connectivity index is 4.49. The van der Waals surface area contributed by atoms with Crippen molar-refractivity contribution >= 4 is 11.6 Å². The third-order valence-corrected chi connectivity index (χ3v) is 2.67. The van der Waals surface area contributed by atoms with Gasteiger partial charge in [-0.1, -0.05) is 20.3 Å². The van der Waals surface area contributed by atoms with Gasteiger partial charge in [-0.05, 0) is 27.2 Å². The Bertz CT molecular complexity index is 204. The highest BCUT2D eigenvalue weighted by Gasteiger charge is 2.34. The van der Waals surface area contributed by atoms with E-state index >= 15 is 0 Å². The summed E-state index contributed by atoms with van der Waals surface area (Å²) in [6, 6.07) is 0. The lowest BCUT2D eigenvalue weighted by molar-refractivity contribution is -0.139. The molecule has 0 aliphatic rings. The van der Waals surface area contributed by atoms with Gasteiger partial charge in [0.2, 0.25) is 0 Å². The summed E-state index contributed by atoms with van der Waals surface area (Å²) in [4.78, 5) is 23.0. The molecule has 0 heterocycles. The minimum atomic E-state index is -0.797. The smallest absolute Gasteiger partial charge is 0.148 e. The van der Waals surface area contributed by atoms with Crippen molar-refractivity contribution in [3.63, 3.8) is 0 Å². The van der Waals surface area contributed by atoms with Crippen LogP contribution in [0.15, 0.2) is 0 Å². The molecule has 0 N–H and O–H groups in total. The zero-order chi connectivity index (χ0) is 10.6. The maximum atomic E-state index is 11.8. The first-order valence-corrected chi connectivity index (χ1v) is 4.89. The molecule has 0 fully saturated rings. The van der Waals surface area contributed by atoms with Crippen molar-refractivity contribution in [3.05, 3.63) is 0 Å². The van der Waals surface area contributed by atoms with Crippen molar-refractivity contribution in [1.29, 1.82) is 0 Å². The molecule has 0 aromatic heterocycles. The van der Waals surface area contributed by atoms with Crippen LogP contribution in [0.3, 0.4) is 0 Å². The van der Waals surface area contributed by atoms with Gasteiger partial charge in [0.15, 0.2) is 0 Å².